The van der Waals surface area contributed by atoms with Crippen molar-refractivity contribution in [3.63, 3.8) is 0 Å². The van der Waals surface area contributed by atoms with Gasteiger partial charge in [-0.3, -0.25) is 19.6 Å². The number of benzene rings is 3. The fraction of sp³-hybridized carbons (Fsp3) is 0.154. The number of nitrogens with one attached hydrogen (secondary N) is 1. The standard InChI is InChI=1S/C26H24N4O3/c31-26(19-29-18-23(17-28-29)20-11-13-24(14-12-20)30(32)33)27-16-15-25(21-7-3-1-4-8-21)22-9-5-2-6-10-22/h1-14,17-18,25H,15-16,19H2,(H,27,31). The highest BCUT2D eigenvalue weighted by atomic mass is 16.6. The molecule has 1 heterocycles. The third kappa shape index (κ3) is 5.71. The second-order valence-corrected chi connectivity index (χ2v) is 7.74. The van der Waals surface area contributed by atoms with Gasteiger partial charge in [0.2, 0.25) is 5.91 Å². The normalized spacial score (nSPS) is 10.8. The van der Waals surface area contributed by atoms with Gasteiger partial charge in [0.25, 0.3) is 5.69 Å². The molecule has 0 aliphatic heterocycles. The van der Waals surface area contributed by atoms with E-state index in [-0.39, 0.29) is 24.1 Å². The first-order valence-corrected chi connectivity index (χ1v) is 10.7. The Hall–Kier alpha value is -4.26. The van der Waals surface area contributed by atoms with Crippen LogP contribution in [0.4, 0.5) is 5.69 Å². The molecule has 7 heteroatoms. The number of hydrogen-bond acceptors (Lipinski definition) is 4. The van der Waals surface area contributed by atoms with E-state index in [0.29, 0.717) is 6.54 Å². The van der Waals surface area contributed by atoms with E-state index in [2.05, 4.69) is 34.7 Å². The topological polar surface area (TPSA) is 90.1 Å². The van der Waals surface area contributed by atoms with Crippen molar-refractivity contribution < 1.29 is 9.72 Å². The molecular weight excluding hydrogens is 416 g/mol. The summed E-state index contributed by atoms with van der Waals surface area (Å²) in [5.74, 6) is 0.0827. The summed E-state index contributed by atoms with van der Waals surface area (Å²) in [4.78, 5) is 22.9. The SMILES string of the molecule is O=C(Cn1cc(-c2ccc([N+](=O)[O-])cc2)cn1)NCCC(c1ccccc1)c1ccccc1. The molecule has 7 nitrogen and oxygen atoms in total. The quantitative estimate of drug-likeness (QED) is 0.299. The summed E-state index contributed by atoms with van der Waals surface area (Å²) in [5, 5.41) is 18.1. The molecule has 1 N–H and O–H groups in total. The van der Waals surface area contributed by atoms with Gasteiger partial charge in [0, 0.05) is 36.4 Å². The number of rotatable bonds is 9. The summed E-state index contributed by atoms with van der Waals surface area (Å²) >= 11 is 0. The van der Waals surface area contributed by atoms with Gasteiger partial charge in [-0.1, -0.05) is 60.7 Å². The Bertz CT molecular complexity index is 1170. The molecule has 0 fully saturated rings. The molecule has 0 aliphatic rings. The van der Waals surface area contributed by atoms with E-state index in [1.54, 1.807) is 29.2 Å². The van der Waals surface area contributed by atoms with Crippen LogP contribution in [-0.4, -0.2) is 27.2 Å². The van der Waals surface area contributed by atoms with E-state index in [1.165, 1.54) is 23.3 Å². The molecule has 4 aromatic rings. The lowest BCUT2D eigenvalue weighted by molar-refractivity contribution is -0.384. The predicted molar refractivity (Wildman–Crippen MR) is 127 cm³/mol. The average Bonchev–Trinajstić information content (AvgIpc) is 3.31. The highest BCUT2D eigenvalue weighted by molar-refractivity contribution is 5.75. The number of hydrogen-bond donors (Lipinski definition) is 1. The lowest BCUT2D eigenvalue weighted by Crippen LogP contribution is -2.29. The minimum absolute atomic E-state index is 0.0369. The van der Waals surface area contributed by atoms with Crippen LogP contribution >= 0.6 is 0 Å². The van der Waals surface area contributed by atoms with Gasteiger partial charge in [-0.25, -0.2) is 0 Å². The Labute approximate surface area is 191 Å². The highest BCUT2D eigenvalue weighted by Crippen LogP contribution is 2.27. The molecule has 0 radical (unpaired) electrons. The smallest absolute Gasteiger partial charge is 0.269 e. The third-order valence-electron chi connectivity index (χ3n) is 5.51. The second kappa shape index (κ2) is 10.4. The van der Waals surface area contributed by atoms with Gasteiger partial charge in [-0.2, -0.15) is 5.10 Å². The largest absolute Gasteiger partial charge is 0.354 e. The van der Waals surface area contributed by atoms with E-state index < -0.39 is 4.92 Å². The van der Waals surface area contributed by atoms with E-state index >= 15 is 0 Å². The van der Waals surface area contributed by atoms with Crippen LogP contribution in [0.2, 0.25) is 0 Å². The molecule has 0 aliphatic carbocycles. The summed E-state index contributed by atoms with van der Waals surface area (Å²) in [6, 6.07) is 26.8. The van der Waals surface area contributed by atoms with E-state index in [9.17, 15) is 14.9 Å². The van der Waals surface area contributed by atoms with Crippen molar-refractivity contribution in [2.24, 2.45) is 0 Å². The van der Waals surface area contributed by atoms with Gasteiger partial charge in [0.1, 0.15) is 6.54 Å². The minimum atomic E-state index is -0.433. The van der Waals surface area contributed by atoms with Crippen molar-refractivity contribution >= 4 is 11.6 Å². The monoisotopic (exact) mass is 440 g/mol. The molecule has 0 atom stereocenters. The second-order valence-electron chi connectivity index (χ2n) is 7.74. The van der Waals surface area contributed by atoms with Gasteiger partial charge >= 0.3 is 0 Å². The summed E-state index contributed by atoms with van der Waals surface area (Å²) < 4.78 is 1.57. The first-order chi connectivity index (χ1) is 16.1. The number of amides is 1. The Balaban J connectivity index is 1.34. The molecule has 0 saturated carbocycles. The summed E-state index contributed by atoms with van der Waals surface area (Å²) in [5.41, 5.74) is 4.08. The fourth-order valence-electron chi connectivity index (χ4n) is 3.83. The Morgan fingerprint density at radius 2 is 1.52 bits per heavy atom. The van der Waals surface area contributed by atoms with Crippen LogP contribution in [0.25, 0.3) is 11.1 Å². The van der Waals surface area contributed by atoms with Crippen molar-refractivity contribution in [1.82, 2.24) is 15.1 Å². The van der Waals surface area contributed by atoms with E-state index in [1.807, 2.05) is 36.4 Å². The molecule has 0 spiro atoms. The maximum absolute atomic E-state index is 12.5. The first-order valence-electron chi connectivity index (χ1n) is 10.7. The number of nitro benzene ring substituents is 1. The van der Waals surface area contributed by atoms with Gasteiger partial charge in [-0.15, -0.1) is 0 Å². The van der Waals surface area contributed by atoms with Crippen LogP contribution in [0.5, 0.6) is 0 Å². The molecule has 0 unspecified atom stereocenters. The predicted octanol–water partition coefficient (Wildman–Crippen LogP) is 4.80. The zero-order valence-electron chi connectivity index (χ0n) is 18.0. The zero-order valence-corrected chi connectivity index (χ0v) is 18.0. The summed E-state index contributed by atoms with van der Waals surface area (Å²) in [6.07, 6.45) is 4.19. The van der Waals surface area contributed by atoms with Crippen LogP contribution in [0.15, 0.2) is 97.3 Å². The molecule has 33 heavy (non-hydrogen) atoms. The number of nitrogens with zero attached hydrogens (tertiary/aromatic N) is 3. The highest BCUT2D eigenvalue weighted by Gasteiger charge is 2.14. The molecule has 3 aromatic carbocycles. The summed E-state index contributed by atoms with van der Waals surface area (Å²) in [6.45, 7) is 0.651. The summed E-state index contributed by atoms with van der Waals surface area (Å²) in [7, 11) is 0. The maximum Gasteiger partial charge on any atom is 0.269 e. The maximum atomic E-state index is 12.5. The van der Waals surface area contributed by atoms with E-state index in [0.717, 1.165) is 17.5 Å². The lowest BCUT2D eigenvalue weighted by Gasteiger charge is -2.18. The molecule has 0 saturated heterocycles. The van der Waals surface area contributed by atoms with Gasteiger partial charge in [0.15, 0.2) is 0 Å². The third-order valence-corrected chi connectivity index (χ3v) is 5.51. The van der Waals surface area contributed by atoms with Crippen molar-refractivity contribution in [3.8, 4) is 11.1 Å². The van der Waals surface area contributed by atoms with Gasteiger partial charge < -0.3 is 5.32 Å². The van der Waals surface area contributed by atoms with E-state index in [4.69, 9.17) is 0 Å². The van der Waals surface area contributed by atoms with Crippen molar-refractivity contribution in [3.05, 3.63) is 119 Å². The van der Waals surface area contributed by atoms with Gasteiger partial charge in [-0.05, 0) is 35.2 Å². The Kier molecular flexibility index (Phi) is 6.90. The molecule has 166 valence electrons. The number of nitro groups is 1. The average molecular weight is 441 g/mol. The molecule has 4 rings (SSSR count). The van der Waals surface area contributed by atoms with Gasteiger partial charge in [0.05, 0.1) is 11.1 Å². The van der Waals surface area contributed by atoms with Crippen LogP contribution in [-0.2, 0) is 11.3 Å². The van der Waals surface area contributed by atoms with Crippen LogP contribution in [0.1, 0.15) is 23.5 Å². The zero-order chi connectivity index (χ0) is 23.0. The molecule has 1 aromatic heterocycles. The van der Waals surface area contributed by atoms with Crippen molar-refractivity contribution in [1.29, 1.82) is 0 Å². The van der Waals surface area contributed by atoms with Crippen molar-refractivity contribution in [2.75, 3.05) is 6.54 Å². The van der Waals surface area contributed by atoms with Crippen molar-refractivity contribution in [2.45, 2.75) is 18.9 Å². The molecular formula is C26H24N4O3. The number of carbonyl (C=O) groups excluding carboxylic acids is 1. The molecule has 0 bridgehead atoms. The Morgan fingerprint density at radius 1 is 0.909 bits per heavy atom. The first kappa shape index (κ1) is 22.0. The number of carbonyl (C=O) groups is 1. The fourth-order valence-corrected chi connectivity index (χ4v) is 3.83. The lowest BCUT2D eigenvalue weighted by atomic mass is 9.88. The van der Waals surface area contributed by atoms with Crippen LogP contribution in [0.3, 0.4) is 0 Å². The number of aromatic nitrogens is 2. The molecule has 1 amide bonds. The van der Waals surface area contributed by atoms with Crippen LogP contribution < -0.4 is 5.32 Å². The van der Waals surface area contributed by atoms with Crippen LogP contribution in [0, 0.1) is 10.1 Å². The number of non-ortho nitro benzene ring substituents is 1. The minimum Gasteiger partial charge on any atom is -0.354 e. The Morgan fingerprint density at radius 3 is 2.09 bits per heavy atom.